The quantitative estimate of drug-likeness (QED) is 0.453. The highest BCUT2D eigenvalue weighted by atomic mass is 32.2. The predicted molar refractivity (Wildman–Crippen MR) is 108 cm³/mol. The predicted octanol–water partition coefficient (Wildman–Crippen LogP) is 4.79. The molecule has 0 saturated carbocycles. The van der Waals surface area contributed by atoms with Crippen LogP contribution in [0.1, 0.15) is 18.1 Å². The first-order valence-electron chi connectivity index (χ1n) is 8.87. The molecule has 0 unspecified atom stereocenters. The molecule has 0 atom stereocenters. The van der Waals surface area contributed by atoms with E-state index in [9.17, 15) is 0 Å². The van der Waals surface area contributed by atoms with Crippen molar-refractivity contribution in [2.45, 2.75) is 24.8 Å². The van der Waals surface area contributed by atoms with Gasteiger partial charge >= 0.3 is 0 Å². The Morgan fingerprint density at radius 3 is 2.44 bits per heavy atom. The van der Waals surface area contributed by atoms with Crippen LogP contribution in [0.2, 0.25) is 0 Å². The van der Waals surface area contributed by atoms with Crippen LogP contribution in [0.4, 0.5) is 0 Å². The van der Waals surface area contributed by atoms with Crippen molar-refractivity contribution in [3.8, 4) is 17.0 Å². The van der Waals surface area contributed by atoms with E-state index in [2.05, 4.69) is 41.4 Å². The first kappa shape index (κ1) is 17.5. The van der Waals surface area contributed by atoms with Gasteiger partial charge in [0.25, 0.3) is 0 Å². The molecule has 0 aliphatic carbocycles. The zero-order valence-electron chi connectivity index (χ0n) is 15.3. The maximum atomic E-state index is 5.51. The number of aromatic nitrogens is 4. The third kappa shape index (κ3) is 3.95. The maximum absolute atomic E-state index is 5.51. The number of ether oxygens (including phenoxy) is 1. The first-order valence-corrected chi connectivity index (χ1v) is 9.85. The van der Waals surface area contributed by atoms with Crippen LogP contribution >= 0.6 is 11.8 Å². The smallest absolute Gasteiger partial charge is 0.212 e. The molecule has 6 heteroatoms. The topological polar surface area (TPSA) is 52.3 Å². The van der Waals surface area contributed by atoms with E-state index >= 15 is 0 Å². The summed E-state index contributed by atoms with van der Waals surface area (Å²) in [6, 6.07) is 20.4. The summed E-state index contributed by atoms with van der Waals surface area (Å²) >= 11 is 1.64. The van der Waals surface area contributed by atoms with Gasteiger partial charge < -0.3 is 4.74 Å². The van der Waals surface area contributed by atoms with Crippen LogP contribution in [0, 0.1) is 6.92 Å². The van der Waals surface area contributed by atoms with E-state index < -0.39 is 0 Å². The average molecular weight is 376 g/mol. The van der Waals surface area contributed by atoms with Crippen molar-refractivity contribution in [1.82, 2.24) is 19.8 Å². The van der Waals surface area contributed by atoms with Gasteiger partial charge in [0.1, 0.15) is 5.75 Å². The highest BCUT2D eigenvalue weighted by Gasteiger charge is 2.10. The number of rotatable bonds is 6. The minimum atomic E-state index is 0.659. The molecule has 0 spiro atoms. The van der Waals surface area contributed by atoms with Gasteiger partial charge in [0, 0.05) is 11.3 Å². The SMILES string of the molecule is CCOc1ccc(-c2ccc3nnc(SCc4ccc(C)cc4)n3n2)cc1. The number of benzene rings is 2. The molecule has 2 heterocycles. The Kier molecular flexibility index (Phi) is 5.07. The second-order valence-electron chi connectivity index (χ2n) is 6.20. The summed E-state index contributed by atoms with van der Waals surface area (Å²) in [6.45, 7) is 4.73. The van der Waals surface area contributed by atoms with E-state index in [-0.39, 0.29) is 0 Å². The Labute approximate surface area is 162 Å². The van der Waals surface area contributed by atoms with Gasteiger partial charge in [0.2, 0.25) is 5.16 Å². The summed E-state index contributed by atoms with van der Waals surface area (Å²) in [4.78, 5) is 0. The number of thioether (sulfide) groups is 1. The Hall–Kier alpha value is -2.86. The number of fused-ring (bicyclic) bond motifs is 1. The van der Waals surface area contributed by atoms with Gasteiger partial charge in [-0.15, -0.1) is 10.2 Å². The summed E-state index contributed by atoms with van der Waals surface area (Å²) in [7, 11) is 0. The molecule has 0 aliphatic heterocycles. The average Bonchev–Trinajstić information content (AvgIpc) is 3.11. The van der Waals surface area contributed by atoms with Crippen molar-refractivity contribution in [2.24, 2.45) is 0 Å². The van der Waals surface area contributed by atoms with E-state index in [1.54, 1.807) is 11.8 Å². The minimum absolute atomic E-state index is 0.659. The van der Waals surface area contributed by atoms with E-state index in [4.69, 9.17) is 9.84 Å². The molecular weight excluding hydrogens is 356 g/mol. The van der Waals surface area contributed by atoms with Crippen LogP contribution < -0.4 is 4.74 Å². The molecule has 0 bridgehead atoms. The van der Waals surface area contributed by atoms with Crippen LogP contribution in [-0.2, 0) is 5.75 Å². The summed E-state index contributed by atoms with van der Waals surface area (Å²) in [5.74, 6) is 1.69. The van der Waals surface area contributed by atoms with Gasteiger partial charge in [-0.05, 0) is 55.8 Å². The Balaban J connectivity index is 1.57. The number of hydrogen-bond acceptors (Lipinski definition) is 5. The number of aryl methyl sites for hydroxylation is 1. The molecule has 4 aromatic rings. The van der Waals surface area contributed by atoms with E-state index in [1.165, 1.54) is 11.1 Å². The second kappa shape index (κ2) is 7.80. The van der Waals surface area contributed by atoms with Crippen molar-refractivity contribution in [1.29, 1.82) is 0 Å². The molecule has 27 heavy (non-hydrogen) atoms. The minimum Gasteiger partial charge on any atom is -0.494 e. The standard InChI is InChI=1S/C21H20N4OS/c1-3-26-18-10-8-17(9-11-18)19-12-13-20-22-23-21(25(20)24-19)27-14-16-6-4-15(2)5-7-16/h4-13H,3,14H2,1-2H3. The lowest BCUT2D eigenvalue weighted by atomic mass is 10.1. The normalized spacial score (nSPS) is 11.0. The zero-order chi connectivity index (χ0) is 18.6. The van der Waals surface area contributed by atoms with Gasteiger partial charge in [-0.2, -0.15) is 9.61 Å². The lowest BCUT2D eigenvalue weighted by Crippen LogP contribution is -1.97. The molecule has 0 amide bonds. The monoisotopic (exact) mass is 376 g/mol. The largest absolute Gasteiger partial charge is 0.494 e. The van der Waals surface area contributed by atoms with E-state index in [1.807, 2.05) is 47.8 Å². The number of hydrogen-bond donors (Lipinski definition) is 0. The third-order valence-electron chi connectivity index (χ3n) is 4.18. The molecule has 2 aromatic heterocycles. The van der Waals surface area contributed by atoms with Crippen LogP contribution in [0.15, 0.2) is 65.8 Å². The van der Waals surface area contributed by atoms with Crippen LogP contribution in [0.25, 0.3) is 16.9 Å². The fourth-order valence-corrected chi connectivity index (χ4v) is 3.58. The lowest BCUT2D eigenvalue weighted by Gasteiger charge is -2.06. The van der Waals surface area contributed by atoms with Crippen molar-refractivity contribution in [3.05, 3.63) is 71.8 Å². The fraction of sp³-hybridized carbons (Fsp3) is 0.190. The second-order valence-corrected chi connectivity index (χ2v) is 7.15. The van der Waals surface area contributed by atoms with Crippen molar-refractivity contribution < 1.29 is 4.74 Å². The highest BCUT2D eigenvalue weighted by molar-refractivity contribution is 7.98. The first-order chi connectivity index (χ1) is 13.2. The molecule has 0 aliphatic rings. The van der Waals surface area contributed by atoms with Gasteiger partial charge in [-0.1, -0.05) is 41.6 Å². The molecular formula is C21H20N4OS. The number of nitrogens with zero attached hydrogens (tertiary/aromatic N) is 4. The van der Waals surface area contributed by atoms with Crippen molar-refractivity contribution in [2.75, 3.05) is 6.61 Å². The lowest BCUT2D eigenvalue weighted by molar-refractivity contribution is 0.340. The van der Waals surface area contributed by atoms with E-state index in [0.717, 1.165) is 33.6 Å². The van der Waals surface area contributed by atoms with Crippen molar-refractivity contribution >= 4 is 17.4 Å². The Morgan fingerprint density at radius 2 is 1.70 bits per heavy atom. The maximum Gasteiger partial charge on any atom is 0.212 e. The summed E-state index contributed by atoms with van der Waals surface area (Å²) in [5.41, 5.74) is 5.17. The zero-order valence-corrected chi connectivity index (χ0v) is 16.1. The van der Waals surface area contributed by atoms with Crippen LogP contribution in [-0.4, -0.2) is 26.4 Å². The summed E-state index contributed by atoms with van der Waals surface area (Å²) < 4.78 is 7.32. The van der Waals surface area contributed by atoms with Gasteiger partial charge in [-0.3, -0.25) is 0 Å². The molecule has 5 nitrogen and oxygen atoms in total. The summed E-state index contributed by atoms with van der Waals surface area (Å²) in [6.07, 6.45) is 0. The van der Waals surface area contributed by atoms with Crippen molar-refractivity contribution in [3.63, 3.8) is 0 Å². The molecule has 0 radical (unpaired) electrons. The van der Waals surface area contributed by atoms with E-state index in [0.29, 0.717) is 6.61 Å². The van der Waals surface area contributed by atoms with Crippen LogP contribution in [0.5, 0.6) is 5.75 Å². The molecule has 0 saturated heterocycles. The molecule has 4 rings (SSSR count). The van der Waals surface area contributed by atoms with Crippen LogP contribution in [0.3, 0.4) is 0 Å². The van der Waals surface area contributed by atoms with Gasteiger partial charge in [0.05, 0.1) is 12.3 Å². The molecule has 0 fully saturated rings. The van der Waals surface area contributed by atoms with Gasteiger partial charge in [-0.25, -0.2) is 0 Å². The van der Waals surface area contributed by atoms with Gasteiger partial charge in [0.15, 0.2) is 5.65 Å². The summed E-state index contributed by atoms with van der Waals surface area (Å²) in [5, 5.41) is 14.1. The molecule has 0 N–H and O–H groups in total. The molecule has 136 valence electrons. The molecule has 2 aromatic carbocycles. The fourth-order valence-electron chi connectivity index (χ4n) is 2.73. The third-order valence-corrected chi connectivity index (χ3v) is 5.17. The Morgan fingerprint density at radius 1 is 0.926 bits per heavy atom. The Bertz CT molecular complexity index is 1040. The highest BCUT2D eigenvalue weighted by Crippen LogP contribution is 2.24.